The van der Waals surface area contributed by atoms with Crippen LogP contribution in [-0.4, -0.2) is 46.3 Å². The Morgan fingerprint density at radius 1 is 1.31 bits per heavy atom. The number of aromatic nitrogens is 2. The van der Waals surface area contributed by atoms with E-state index in [2.05, 4.69) is 22.2 Å². The van der Waals surface area contributed by atoms with E-state index in [9.17, 15) is 9.59 Å². The first-order valence-electron chi connectivity index (χ1n) is 9.52. The molecule has 1 aromatic carbocycles. The summed E-state index contributed by atoms with van der Waals surface area (Å²) in [6, 6.07) is 7.77. The minimum absolute atomic E-state index is 0.0421. The third kappa shape index (κ3) is 3.80. The molecule has 0 radical (unpaired) electrons. The van der Waals surface area contributed by atoms with Crippen molar-refractivity contribution >= 4 is 16.7 Å². The molecule has 0 bridgehead atoms. The number of carbonyl (C=O) groups is 1. The second-order valence-corrected chi connectivity index (χ2v) is 7.24. The van der Waals surface area contributed by atoms with E-state index in [1.165, 1.54) is 11.1 Å². The van der Waals surface area contributed by atoms with Crippen LogP contribution in [0.4, 0.5) is 0 Å². The number of hydrogen-bond acceptors (Lipinski definition) is 4. The average molecular weight is 356 g/mol. The number of likely N-dealkylation sites (N-methyl/N-ethyl adjacent to an activating group) is 1. The summed E-state index contributed by atoms with van der Waals surface area (Å²) in [5.74, 6) is -0.0421. The van der Waals surface area contributed by atoms with Crippen molar-refractivity contribution in [3.63, 3.8) is 0 Å². The zero-order valence-electron chi connectivity index (χ0n) is 15.9. The SMILES string of the molecule is CCN1CCC[C@@H]1CNC(=O)Cc1nn(C(C)C)c(=O)c2ccccc12. The van der Waals surface area contributed by atoms with Crippen LogP contribution in [0.15, 0.2) is 29.1 Å². The van der Waals surface area contributed by atoms with Crippen LogP contribution in [0, 0.1) is 0 Å². The van der Waals surface area contributed by atoms with Gasteiger partial charge in [0.25, 0.3) is 5.56 Å². The first-order valence-corrected chi connectivity index (χ1v) is 9.52. The normalized spacial score (nSPS) is 17.9. The van der Waals surface area contributed by atoms with Gasteiger partial charge in [0.05, 0.1) is 23.5 Å². The molecule has 26 heavy (non-hydrogen) atoms. The van der Waals surface area contributed by atoms with Crippen molar-refractivity contribution in [2.75, 3.05) is 19.6 Å². The van der Waals surface area contributed by atoms with Crippen molar-refractivity contribution in [1.82, 2.24) is 20.0 Å². The van der Waals surface area contributed by atoms with Gasteiger partial charge in [-0.3, -0.25) is 14.5 Å². The summed E-state index contributed by atoms with van der Waals surface area (Å²) in [5.41, 5.74) is 0.550. The number of fused-ring (bicyclic) bond motifs is 1. The predicted molar refractivity (Wildman–Crippen MR) is 103 cm³/mol. The van der Waals surface area contributed by atoms with Gasteiger partial charge in [-0.1, -0.05) is 25.1 Å². The van der Waals surface area contributed by atoms with E-state index in [1.807, 2.05) is 32.0 Å². The van der Waals surface area contributed by atoms with Crippen molar-refractivity contribution in [2.24, 2.45) is 0 Å². The minimum Gasteiger partial charge on any atom is -0.354 e. The Balaban J connectivity index is 1.78. The molecule has 0 unspecified atom stereocenters. The van der Waals surface area contributed by atoms with E-state index in [0.717, 1.165) is 24.9 Å². The van der Waals surface area contributed by atoms with Crippen molar-refractivity contribution in [1.29, 1.82) is 0 Å². The van der Waals surface area contributed by atoms with Gasteiger partial charge in [-0.2, -0.15) is 5.10 Å². The van der Waals surface area contributed by atoms with Crippen LogP contribution >= 0.6 is 0 Å². The van der Waals surface area contributed by atoms with E-state index in [-0.39, 0.29) is 23.9 Å². The molecule has 0 aliphatic carbocycles. The fourth-order valence-corrected chi connectivity index (χ4v) is 3.74. The van der Waals surface area contributed by atoms with E-state index < -0.39 is 0 Å². The number of hydrogen-bond donors (Lipinski definition) is 1. The lowest BCUT2D eigenvalue weighted by Crippen LogP contribution is -2.40. The van der Waals surface area contributed by atoms with E-state index in [4.69, 9.17) is 0 Å². The van der Waals surface area contributed by atoms with Crippen LogP contribution < -0.4 is 10.9 Å². The molecule has 2 aromatic rings. The van der Waals surface area contributed by atoms with Crippen molar-refractivity contribution in [3.05, 3.63) is 40.3 Å². The minimum atomic E-state index is -0.107. The summed E-state index contributed by atoms with van der Waals surface area (Å²) in [6.45, 7) is 8.81. The van der Waals surface area contributed by atoms with Gasteiger partial charge in [-0.25, -0.2) is 4.68 Å². The summed E-state index contributed by atoms with van der Waals surface area (Å²) in [7, 11) is 0. The molecule has 1 fully saturated rings. The Morgan fingerprint density at radius 2 is 2.04 bits per heavy atom. The smallest absolute Gasteiger partial charge is 0.274 e. The summed E-state index contributed by atoms with van der Waals surface area (Å²) in [6.07, 6.45) is 2.51. The number of carbonyl (C=O) groups excluding carboxylic acids is 1. The number of nitrogens with zero attached hydrogens (tertiary/aromatic N) is 3. The zero-order chi connectivity index (χ0) is 18.7. The molecule has 1 aliphatic heterocycles. The molecule has 0 saturated carbocycles. The Bertz CT molecular complexity index is 843. The molecule has 3 rings (SSSR count). The van der Waals surface area contributed by atoms with Crippen LogP contribution in [0.3, 0.4) is 0 Å². The summed E-state index contributed by atoms with van der Waals surface area (Å²) in [5, 5.41) is 8.92. The van der Waals surface area contributed by atoms with Crippen molar-refractivity contribution in [2.45, 2.75) is 52.1 Å². The van der Waals surface area contributed by atoms with Gasteiger partial charge in [0.1, 0.15) is 0 Å². The molecule has 1 aromatic heterocycles. The van der Waals surface area contributed by atoms with Gasteiger partial charge in [0, 0.05) is 18.0 Å². The molecular weight excluding hydrogens is 328 g/mol. The summed E-state index contributed by atoms with van der Waals surface area (Å²) < 4.78 is 1.47. The molecule has 1 amide bonds. The second kappa shape index (κ2) is 7.99. The van der Waals surface area contributed by atoms with Crippen molar-refractivity contribution in [3.8, 4) is 0 Å². The molecule has 140 valence electrons. The molecule has 0 spiro atoms. The van der Waals surface area contributed by atoms with Crippen LogP contribution in [0.5, 0.6) is 0 Å². The Kier molecular flexibility index (Phi) is 5.71. The first kappa shape index (κ1) is 18.6. The van der Waals surface area contributed by atoms with E-state index in [0.29, 0.717) is 23.7 Å². The monoisotopic (exact) mass is 356 g/mol. The van der Waals surface area contributed by atoms with Crippen LogP contribution in [0.2, 0.25) is 0 Å². The first-order chi connectivity index (χ1) is 12.5. The lowest BCUT2D eigenvalue weighted by atomic mass is 10.1. The predicted octanol–water partition coefficient (Wildman–Crippen LogP) is 2.12. The summed E-state index contributed by atoms with van der Waals surface area (Å²) in [4.78, 5) is 27.5. The lowest BCUT2D eigenvalue weighted by Gasteiger charge is -2.23. The fourth-order valence-electron chi connectivity index (χ4n) is 3.74. The molecule has 6 nitrogen and oxygen atoms in total. The highest BCUT2D eigenvalue weighted by Gasteiger charge is 2.23. The lowest BCUT2D eigenvalue weighted by molar-refractivity contribution is -0.120. The fraction of sp³-hybridized carbons (Fsp3) is 0.550. The third-order valence-corrected chi connectivity index (χ3v) is 5.16. The number of benzene rings is 1. The topological polar surface area (TPSA) is 67.2 Å². The molecule has 1 N–H and O–H groups in total. The standard InChI is InChI=1S/C20H28N4O2/c1-4-23-11-7-8-15(23)13-21-19(25)12-18-16-9-5-6-10-17(16)20(26)24(22-18)14(2)3/h5-6,9-10,14-15H,4,7-8,11-13H2,1-3H3,(H,21,25)/t15-/m1/s1. The van der Waals surface area contributed by atoms with Gasteiger partial charge >= 0.3 is 0 Å². The Labute approximate surface area is 154 Å². The quantitative estimate of drug-likeness (QED) is 0.861. The molecule has 1 aliphatic rings. The Morgan fingerprint density at radius 3 is 2.73 bits per heavy atom. The van der Waals surface area contributed by atoms with Crippen LogP contribution in [-0.2, 0) is 11.2 Å². The molecular formula is C20H28N4O2. The van der Waals surface area contributed by atoms with Crippen LogP contribution in [0.1, 0.15) is 45.3 Å². The van der Waals surface area contributed by atoms with E-state index in [1.54, 1.807) is 6.07 Å². The van der Waals surface area contributed by atoms with Gasteiger partial charge in [-0.15, -0.1) is 0 Å². The van der Waals surface area contributed by atoms with E-state index >= 15 is 0 Å². The largest absolute Gasteiger partial charge is 0.354 e. The molecule has 2 heterocycles. The number of nitrogens with one attached hydrogen (secondary N) is 1. The maximum atomic E-state index is 12.6. The van der Waals surface area contributed by atoms with Gasteiger partial charge in [0.15, 0.2) is 0 Å². The second-order valence-electron chi connectivity index (χ2n) is 7.24. The molecule has 1 saturated heterocycles. The highest BCUT2D eigenvalue weighted by Crippen LogP contribution is 2.17. The van der Waals surface area contributed by atoms with Crippen molar-refractivity contribution < 1.29 is 4.79 Å². The highest BCUT2D eigenvalue weighted by molar-refractivity contribution is 5.88. The zero-order valence-corrected chi connectivity index (χ0v) is 15.9. The van der Waals surface area contributed by atoms with Gasteiger partial charge in [-0.05, 0) is 45.8 Å². The number of amides is 1. The number of likely N-dealkylation sites (tertiary alicyclic amines) is 1. The van der Waals surface area contributed by atoms with Gasteiger partial charge < -0.3 is 5.32 Å². The molecule has 6 heteroatoms. The maximum absolute atomic E-state index is 12.6. The highest BCUT2D eigenvalue weighted by atomic mass is 16.1. The Hall–Kier alpha value is -2.21. The average Bonchev–Trinajstić information content (AvgIpc) is 3.09. The molecule has 1 atom stereocenters. The van der Waals surface area contributed by atoms with Crippen LogP contribution in [0.25, 0.3) is 10.8 Å². The maximum Gasteiger partial charge on any atom is 0.274 e. The third-order valence-electron chi connectivity index (χ3n) is 5.16. The van der Waals surface area contributed by atoms with Gasteiger partial charge in [0.2, 0.25) is 5.91 Å². The number of rotatable bonds is 6. The summed E-state index contributed by atoms with van der Waals surface area (Å²) >= 11 is 0.